The van der Waals surface area contributed by atoms with Crippen LogP contribution in [0.2, 0.25) is 5.02 Å². The highest BCUT2D eigenvalue weighted by Crippen LogP contribution is 2.40. The number of ether oxygens (including phenoxy) is 1. The Kier molecular flexibility index (Phi) is 11.0. The molecule has 0 aromatic heterocycles. The number of hydrogen-bond acceptors (Lipinski definition) is 3. The fraction of sp³-hybridized carbons (Fsp3) is 0.600. The van der Waals surface area contributed by atoms with Gasteiger partial charge < -0.3 is 15.4 Å². The monoisotopic (exact) mass is 480 g/mol. The highest BCUT2D eigenvalue weighted by Gasteiger charge is 2.27. The Morgan fingerprint density at radius 2 is 1.84 bits per heavy atom. The summed E-state index contributed by atoms with van der Waals surface area (Å²) in [5.74, 6) is 0.0592. The molecule has 0 aliphatic heterocycles. The van der Waals surface area contributed by atoms with Crippen molar-refractivity contribution in [2.24, 2.45) is 5.73 Å². The summed E-state index contributed by atoms with van der Waals surface area (Å²) in [6.45, 7) is 9.19. The molecule has 1 aliphatic rings. The number of benzene rings is 1. The van der Waals surface area contributed by atoms with E-state index in [4.69, 9.17) is 22.1 Å². The fourth-order valence-corrected chi connectivity index (χ4v) is 4.87. The van der Waals surface area contributed by atoms with Crippen molar-refractivity contribution >= 4 is 37.0 Å². The molecular weight excluding hydrogens is 443 g/mol. The van der Waals surface area contributed by atoms with Crippen molar-refractivity contribution in [2.45, 2.75) is 78.0 Å². The Morgan fingerprint density at radius 3 is 2.47 bits per heavy atom. The van der Waals surface area contributed by atoms with Gasteiger partial charge in [0.2, 0.25) is 5.91 Å². The van der Waals surface area contributed by atoms with Crippen LogP contribution in [-0.2, 0) is 9.59 Å². The van der Waals surface area contributed by atoms with E-state index < -0.39 is 5.91 Å². The second kappa shape index (κ2) is 13.2. The van der Waals surface area contributed by atoms with Gasteiger partial charge >= 0.3 is 0 Å². The minimum Gasteiger partial charge on any atom is -0.485 e. The molecule has 2 amide bonds. The summed E-state index contributed by atoms with van der Waals surface area (Å²) in [5, 5.41) is 0.535. The molecule has 0 saturated carbocycles. The van der Waals surface area contributed by atoms with E-state index in [1.165, 1.54) is 0 Å². The minimum atomic E-state index is -0.483. The van der Waals surface area contributed by atoms with Crippen molar-refractivity contribution in [3.8, 4) is 5.75 Å². The molecule has 2 atom stereocenters. The maximum absolute atomic E-state index is 13.6. The average molecular weight is 481 g/mol. The molecule has 1 aromatic carbocycles. The van der Waals surface area contributed by atoms with E-state index in [2.05, 4.69) is 27.4 Å². The second-order valence-corrected chi connectivity index (χ2v) is 11.7. The van der Waals surface area contributed by atoms with E-state index in [-0.39, 0.29) is 19.7 Å². The van der Waals surface area contributed by atoms with Gasteiger partial charge in [-0.15, -0.1) is 0 Å². The van der Waals surface area contributed by atoms with Crippen LogP contribution in [0.4, 0.5) is 5.69 Å². The molecule has 7 heteroatoms. The molecule has 1 aromatic rings. The summed E-state index contributed by atoms with van der Waals surface area (Å²) in [6.07, 6.45) is 8.21. The molecule has 2 rings (SSSR count). The first-order valence-electron chi connectivity index (χ1n) is 11.8. The number of carbonyl (C=O) groups is 2. The van der Waals surface area contributed by atoms with Crippen LogP contribution in [0.1, 0.15) is 72.1 Å². The number of nitrogens with zero attached hydrogens (tertiary/aromatic N) is 1. The molecule has 5 nitrogen and oxygen atoms in total. The topological polar surface area (TPSA) is 72.6 Å². The Bertz CT molecular complexity index is 827. The Hall–Kier alpha value is -1.58. The lowest BCUT2D eigenvalue weighted by Crippen LogP contribution is -2.35. The molecule has 178 valence electrons. The van der Waals surface area contributed by atoms with Gasteiger partial charge in [-0.1, -0.05) is 52.6 Å². The zero-order valence-corrected chi connectivity index (χ0v) is 21.6. The third-order valence-electron chi connectivity index (χ3n) is 6.15. The maximum Gasteiger partial charge on any atom is 0.254 e. The summed E-state index contributed by atoms with van der Waals surface area (Å²) >= 11 is 6.44. The molecule has 0 bridgehead atoms. The smallest absolute Gasteiger partial charge is 0.254 e. The van der Waals surface area contributed by atoms with Crippen molar-refractivity contribution in [3.05, 3.63) is 34.4 Å². The van der Waals surface area contributed by atoms with Gasteiger partial charge in [-0.3, -0.25) is 9.59 Å². The summed E-state index contributed by atoms with van der Waals surface area (Å²) in [6, 6.07) is 5.52. The molecule has 32 heavy (non-hydrogen) atoms. The minimum absolute atomic E-state index is 0.0685. The highest BCUT2D eigenvalue weighted by molar-refractivity contribution is 7.57. The van der Waals surface area contributed by atoms with Crippen molar-refractivity contribution in [3.63, 3.8) is 0 Å². The quantitative estimate of drug-likeness (QED) is 0.275. The van der Waals surface area contributed by atoms with Crippen molar-refractivity contribution in [1.82, 2.24) is 0 Å². The molecule has 0 saturated heterocycles. The number of anilines is 1. The molecular formula is C25H38ClN2O3P. The molecule has 2 N–H and O–H groups in total. The normalized spacial score (nSPS) is 15.9. The predicted octanol–water partition coefficient (Wildman–Crippen LogP) is 6.47. The number of amides is 2. The Labute approximate surface area is 199 Å². The van der Waals surface area contributed by atoms with Crippen LogP contribution in [0.3, 0.4) is 0 Å². The number of unbranched alkanes of at least 4 members (excludes halogenated alkanes) is 3. The van der Waals surface area contributed by atoms with Gasteiger partial charge in [-0.05, 0) is 64.0 Å². The van der Waals surface area contributed by atoms with Gasteiger partial charge in [0.15, 0.2) is 0 Å². The van der Waals surface area contributed by atoms with Crippen LogP contribution >= 0.6 is 19.5 Å². The zero-order chi connectivity index (χ0) is 23.7. The SMILES string of the molecule is CCCCCCN(C(=O)C1=C(C(N)=O)CCCC1)c1ccc(Cl)c(OC(C)P(C)CC)c1. The van der Waals surface area contributed by atoms with E-state index in [9.17, 15) is 9.59 Å². The highest BCUT2D eigenvalue weighted by atomic mass is 35.5. The standard InChI is InChI=1S/C25H38ClN2O3P/c1-5-7-8-11-16-28(25(30)21-13-10-9-12-20(21)24(27)29)19-14-15-22(26)23(17-19)31-18(3)32(4)6-2/h14-15,17-18H,5-13,16H2,1-4H3,(H2,27,29). The lowest BCUT2D eigenvalue weighted by Gasteiger charge is -2.28. The van der Waals surface area contributed by atoms with Gasteiger partial charge in [0.25, 0.3) is 5.91 Å². The van der Waals surface area contributed by atoms with E-state index >= 15 is 0 Å². The van der Waals surface area contributed by atoms with Gasteiger partial charge in [0, 0.05) is 29.4 Å². The van der Waals surface area contributed by atoms with Crippen molar-refractivity contribution < 1.29 is 14.3 Å². The lowest BCUT2D eigenvalue weighted by molar-refractivity contribution is -0.117. The third kappa shape index (κ3) is 7.22. The molecule has 0 fully saturated rings. The summed E-state index contributed by atoms with van der Waals surface area (Å²) in [7, 11) is -0.271. The summed E-state index contributed by atoms with van der Waals surface area (Å²) < 4.78 is 6.19. The van der Waals surface area contributed by atoms with E-state index in [1.54, 1.807) is 11.0 Å². The van der Waals surface area contributed by atoms with Crippen LogP contribution in [0.15, 0.2) is 29.3 Å². The number of hydrogen-bond donors (Lipinski definition) is 1. The molecule has 1 aliphatic carbocycles. The predicted molar refractivity (Wildman–Crippen MR) is 136 cm³/mol. The van der Waals surface area contributed by atoms with Gasteiger partial charge in [0.05, 0.1) is 5.02 Å². The molecule has 0 spiro atoms. The van der Waals surface area contributed by atoms with E-state index in [0.29, 0.717) is 41.3 Å². The fourth-order valence-electron chi connectivity index (χ4n) is 3.90. The first-order chi connectivity index (χ1) is 15.3. The summed E-state index contributed by atoms with van der Waals surface area (Å²) in [4.78, 5) is 27.4. The van der Waals surface area contributed by atoms with Crippen molar-refractivity contribution in [1.29, 1.82) is 0 Å². The first-order valence-corrected chi connectivity index (χ1v) is 14.2. The average Bonchev–Trinajstić information content (AvgIpc) is 2.79. The van der Waals surface area contributed by atoms with Crippen molar-refractivity contribution in [2.75, 3.05) is 24.3 Å². The van der Waals surface area contributed by atoms with Crippen LogP contribution < -0.4 is 15.4 Å². The van der Waals surface area contributed by atoms with Gasteiger partial charge in [-0.25, -0.2) is 0 Å². The summed E-state index contributed by atoms with van der Waals surface area (Å²) in [5.41, 5.74) is 7.41. The zero-order valence-electron chi connectivity index (χ0n) is 20.0. The Balaban J connectivity index is 2.38. The number of nitrogens with two attached hydrogens (primary N) is 1. The van der Waals surface area contributed by atoms with Gasteiger partial charge in [0.1, 0.15) is 11.6 Å². The van der Waals surface area contributed by atoms with E-state index in [1.807, 2.05) is 12.1 Å². The number of carbonyl (C=O) groups excluding carboxylic acids is 2. The molecule has 0 radical (unpaired) electrons. The number of rotatable bonds is 12. The number of primary amides is 1. The van der Waals surface area contributed by atoms with Crippen LogP contribution in [0, 0.1) is 0 Å². The second-order valence-electron chi connectivity index (χ2n) is 8.45. The lowest BCUT2D eigenvalue weighted by atomic mass is 9.90. The van der Waals surface area contributed by atoms with Crippen LogP contribution in [0.5, 0.6) is 5.75 Å². The van der Waals surface area contributed by atoms with Gasteiger partial charge in [-0.2, -0.15) is 0 Å². The largest absolute Gasteiger partial charge is 0.485 e. The van der Waals surface area contributed by atoms with E-state index in [0.717, 1.165) is 50.4 Å². The molecule has 2 unspecified atom stereocenters. The third-order valence-corrected chi connectivity index (χ3v) is 8.80. The Morgan fingerprint density at radius 1 is 1.16 bits per heavy atom. The maximum atomic E-state index is 13.6. The molecule has 0 heterocycles. The number of halogens is 1. The van der Waals surface area contributed by atoms with Crippen LogP contribution in [0.25, 0.3) is 0 Å². The van der Waals surface area contributed by atoms with Crippen LogP contribution in [-0.4, -0.2) is 37.0 Å². The first kappa shape index (κ1) is 26.7.